The van der Waals surface area contributed by atoms with Crippen LogP contribution >= 0.6 is 0 Å². The first kappa shape index (κ1) is 10.4. The van der Waals surface area contributed by atoms with Crippen LogP contribution in [0.2, 0.25) is 0 Å². The smallest absolute Gasteiger partial charge is 0.0376 e. The Balaban J connectivity index is 1.86. The molecule has 0 saturated heterocycles. The van der Waals surface area contributed by atoms with E-state index in [-0.39, 0.29) is 0 Å². The fourth-order valence-electron chi connectivity index (χ4n) is 2.60. The molecule has 1 heteroatoms. The van der Waals surface area contributed by atoms with Crippen molar-refractivity contribution in [1.29, 1.82) is 0 Å². The van der Waals surface area contributed by atoms with Crippen molar-refractivity contribution < 1.29 is 0 Å². The molecule has 0 fully saturated rings. The van der Waals surface area contributed by atoms with E-state index in [1.54, 1.807) is 0 Å². The van der Waals surface area contributed by atoms with E-state index in [0.717, 1.165) is 13.0 Å². The summed E-state index contributed by atoms with van der Waals surface area (Å²) in [7, 11) is 0. The van der Waals surface area contributed by atoms with Crippen molar-refractivity contribution in [1.82, 2.24) is 0 Å². The van der Waals surface area contributed by atoms with Crippen LogP contribution < -0.4 is 5.32 Å². The number of hydrogen-bond donors (Lipinski definition) is 1. The molecule has 1 aliphatic rings. The summed E-state index contributed by atoms with van der Waals surface area (Å²) in [5.41, 5.74) is 5.57. The third kappa shape index (κ3) is 2.05. The molecule has 86 valence electrons. The number of benzene rings is 2. The Hall–Kier alpha value is -1.76. The van der Waals surface area contributed by atoms with E-state index in [2.05, 4.69) is 60.8 Å². The Kier molecular flexibility index (Phi) is 2.60. The zero-order valence-corrected chi connectivity index (χ0v) is 10.1. The van der Waals surface area contributed by atoms with Crippen molar-refractivity contribution in [3.63, 3.8) is 0 Å². The second-order valence-electron chi connectivity index (χ2n) is 4.86. The van der Waals surface area contributed by atoms with Crippen molar-refractivity contribution in [2.24, 2.45) is 0 Å². The van der Waals surface area contributed by atoms with E-state index in [9.17, 15) is 0 Å². The Morgan fingerprint density at radius 2 is 1.94 bits per heavy atom. The molecule has 0 spiro atoms. The number of fused-ring (bicyclic) bond motifs is 1. The molecule has 1 atom stereocenters. The van der Waals surface area contributed by atoms with Gasteiger partial charge < -0.3 is 5.32 Å². The van der Waals surface area contributed by atoms with Gasteiger partial charge in [-0.1, -0.05) is 48.0 Å². The molecule has 0 aromatic heterocycles. The van der Waals surface area contributed by atoms with Crippen molar-refractivity contribution in [3.05, 3.63) is 65.2 Å². The summed E-state index contributed by atoms with van der Waals surface area (Å²) in [6.07, 6.45) is 1.13. The van der Waals surface area contributed by atoms with E-state index in [4.69, 9.17) is 0 Å². The van der Waals surface area contributed by atoms with Gasteiger partial charge >= 0.3 is 0 Å². The minimum atomic E-state index is 0.618. The molecule has 1 N–H and O–H groups in total. The summed E-state index contributed by atoms with van der Waals surface area (Å²) < 4.78 is 0. The first-order chi connectivity index (χ1) is 8.33. The van der Waals surface area contributed by atoms with Gasteiger partial charge in [-0.15, -0.1) is 0 Å². The fourth-order valence-corrected chi connectivity index (χ4v) is 2.60. The zero-order chi connectivity index (χ0) is 11.7. The van der Waals surface area contributed by atoms with Gasteiger partial charge in [0.1, 0.15) is 0 Å². The lowest BCUT2D eigenvalue weighted by Gasteiger charge is -2.10. The number of aryl methyl sites for hydroxylation is 1. The van der Waals surface area contributed by atoms with Crippen molar-refractivity contribution >= 4 is 5.69 Å². The van der Waals surface area contributed by atoms with Gasteiger partial charge in [0.05, 0.1) is 0 Å². The molecule has 0 saturated carbocycles. The van der Waals surface area contributed by atoms with Gasteiger partial charge in [-0.2, -0.15) is 0 Å². The minimum Gasteiger partial charge on any atom is -0.384 e. The molecule has 1 unspecified atom stereocenters. The van der Waals surface area contributed by atoms with Gasteiger partial charge in [0.2, 0.25) is 0 Å². The van der Waals surface area contributed by atoms with Crippen molar-refractivity contribution in [2.75, 3.05) is 11.9 Å². The predicted molar refractivity (Wildman–Crippen MR) is 72.6 cm³/mol. The molecule has 3 rings (SSSR count). The quantitative estimate of drug-likeness (QED) is 0.817. The number of anilines is 1. The molecule has 0 amide bonds. The number of rotatable bonds is 2. The standard InChI is InChI=1S/C16H17N/c1-12-7-8-16-15(9-12)14(11-17-16)10-13-5-3-2-4-6-13/h2-9,14,17H,10-11H2,1H3. The summed E-state index contributed by atoms with van der Waals surface area (Å²) >= 11 is 0. The highest BCUT2D eigenvalue weighted by molar-refractivity contribution is 5.59. The van der Waals surface area contributed by atoms with Crippen molar-refractivity contribution in [2.45, 2.75) is 19.3 Å². The molecular formula is C16H17N. The average molecular weight is 223 g/mol. The van der Waals surface area contributed by atoms with Crippen LogP contribution in [0.25, 0.3) is 0 Å². The van der Waals surface area contributed by atoms with Crippen LogP contribution in [-0.4, -0.2) is 6.54 Å². The topological polar surface area (TPSA) is 12.0 Å². The van der Waals surface area contributed by atoms with Crippen LogP contribution in [0, 0.1) is 6.92 Å². The normalized spacial score (nSPS) is 17.6. The van der Waals surface area contributed by atoms with Crippen molar-refractivity contribution in [3.8, 4) is 0 Å². The molecule has 1 heterocycles. The van der Waals surface area contributed by atoms with E-state index in [1.165, 1.54) is 22.4 Å². The average Bonchev–Trinajstić information content (AvgIpc) is 2.73. The van der Waals surface area contributed by atoms with Crippen LogP contribution in [0.4, 0.5) is 5.69 Å². The molecule has 0 aliphatic carbocycles. The molecule has 2 aromatic rings. The van der Waals surface area contributed by atoms with E-state index in [1.807, 2.05) is 0 Å². The third-order valence-electron chi connectivity index (χ3n) is 3.51. The second kappa shape index (κ2) is 4.25. The molecule has 2 aromatic carbocycles. The Morgan fingerprint density at radius 3 is 2.76 bits per heavy atom. The van der Waals surface area contributed by atoms with Crippen LogP contribution in [0.5, 0.6) is 0 Å². The highest BCUT2D eigenvalue weighted by atomic mass is 14.9. The SMILES string of the molecule is Cc1ccc2c(c1)C(Cc1ccccc1)CN2. The van der Waals surface area contributed by atoms with Gasteiger partial charge in [0.15, 0.2) is 0 Å². The maximum atomic E-state index is 3.50. The molecule has 0 radical (unpaired) electrons. The van der Waals surface area contributed by atoms with Crippen LogP contribution in [0.15, 0.2) is 48.5 Å². The van der Waals surface area contributed by atoms with Crippen LogP contribution in [0.3, 0.4) is 0 Å². The number of nitrogens with one attached hydrogen (secondary N) is 1. The summed E-state index contributed by atoms with van der Waals surface area (Å²) in [6.45, 7) is 3.23. The Labute approximate surface area is 102 Å². The molecule has 1 aliphatic heterocycles. The fraction of sp³-hybridized carbons (Fsp3) is 0.250. The maximum absolute atomic E-state index is 3.50. The van der Waals surface area contributed by atoms with Gasteiger partial charge in [-0.05, 0) is 30.5 Å². The molecular weight excluding hydrogens is 206 g/mol. The second-order valence-corrected chi connectivity index (χ2v) is 4.86. The van der Waals surface area contributed by atoms with Gasteiger partial charge in [-0.3, -0.25) is 0 Å². The first-order valence-corrected chi connectivity index (χ1v) is 6.21. The molecule has 1 nitrogen and oxygen atoms in total. The summed E-state index contributed by atoms with van der Waals surface area (Å²) in [5.74, 6) is 0.618. The van der Waals surface area contributed by atoms with Crippen LogP contribution in [0.1, 0.15) is 22.6 Å². The van der Waals surface area contributed by atoms with Crippen LogP contribution in [-0.2, 0) is 6.42 Å². The minimum absolute atomic E-state index is 0.618. The highest BCUT2D eigenvalue weighted by Crippen LogP contribution is 2.34. The molecule has 0 bridgehead atoms. The predicted octanol–water partition coefficient (Wildman–Crippen LogP) is 3.75. The zero-order valence-electron chi connectivity index (χ0n) is 10.1. The van der Waals surface area contributed by atoms with E-state index >= 15 is 0 Å². The number of hydrogen-bond acceptors (Lipinski definition) is 1. The lowest BCUT2D eigenvalue weighted by atomic mass is 9.93. The van der Waals surface area contributed by atoms with Gasteiger partial charge in [0, 0.05) is 18.2 Å². The third-order valence-corrected chi connectivity index (χ3v) is 3.51. The summed E-state index contributed by atoms with van der Waals surface area (Å²) in [6, 6.07) is 17.5. The maximum Gasteiger partial charge on any atom is 0.0376 e. The van der Waals surface area contributed by atoms with Gasteiger partial charge in [-0.25, -0.2) is 0 Å². The lowest BCUT2D eigenvalue weighted by molar-refractivity contribution is 0.751. The highest BCUT2D eigenvalue weighted by Gasteiger charge is 2.21. The van der Waals surface area contributed by atoms with E-state index < -0.39 is 0 Å². The van der Waals surface area contributed by atoms with Gasteiger partial charge in [0.25, 0.3) is 0 Å². The largest absolute Gasteiger partial charge is 0.384 e. The monoisotopic (exact) mass is 223 g/mol. The lowest BCUT2D eigenvalue weighted by Crippen LogP contribution is -2.05. The van der Waals surface area contributed by atoms with E-state index in [0.29, 0.717) is 5.92 Å². The molecule has 17 heavy (non-hydrogen) atoms. The summed E-state index contributed by atoms with van der Waals surface area (Å²) in [5, 5.41) is 3.50. The Bertz CT molecular complexity index is 516. The Morgan fingerprint density at radius 1 is 1.12 bits per heavy atom. The summed E-state index contributed by atoms with van der Waals surface area (Å²) in [4.78, 5) is 0. The first-order valence-electron chi connectivity index (χ1n) is 6.21.